The molecule has 3 aliphatic rings. The highest BCUT2D eigenvalue weighted by Gasteiger charge is 2.32. The van der Waals surface area contributed by atoms with Crippen LogP contribution >= 0.6 is 11.6 Å². The molecule has 0 bridgehead atoms. The first kappa shape index (κ1) is 28.1. The van der Waals surface area contributed by atoms with E-state index in [2.05, 4.69) is 20.5 Å². The molecule has 7 rings (SSSR count). The third-order valence-corrected chi connectivity index (χ3v) is 8.84. The van der Waals surface area contributed by atoms with Gasteiger partial charge in [0.15, 0.2) is 28.9 Å². The number of ether oxygens (including phenoxy) is 4. The number of piperidine rings is 1. The van der Waals surface area contributed by atoms with Crippen LogP contribution in [0.3, 0.4) is 0 Å². The number of aromatic nitrogens is 3. The van der Waals surface area contributed by atoms with Crippen LogP contribution in [0.2, 0.25) is 5.02 Å². The van der Waals surface area contributed by atoms with E-state index in [1.807, 2.05) is 18.2 Å². The summed E-state index contributed by atoms with van der Waals surface area (Å²) < 4.78 is 39.8. The van der Waals surface area contributed by atoms with E-state index in [1.165, 1.54) is 13.2 Å². The largest absolute Gasteiger partial charge is 0.485 e. The second-order valence-corrected chi connectivity index (χ2v) is 11.7. The van der Waals surface area contributed by atoms with Crippen molar-refractivity contribution in [1.29, 1.82) is 0 Å². The number of para-hydroxylation sites is 1. The molecule has 0 unspecified atom stereocenters. The molecule has 0 aliphatic carbocycles. The van der Waals surface area contributed by atoms with E-state index in [9.17, 15) is 9.18 Å². The van der Waals surface area contributed by atoms with Crippen LogP contribution in [0.15, 0.2) is 48.5 Å². The molecule has 0 saturated carbocycles. The van der Waals surface area contributed by atoms with Crippen LogP contribution in [0, 0.1) is 5.82 Å². The van der Waals surface area contributed by atoms with Gasteiger partial charge in [0, 0.05) is 22.8 Å². The number of nitrogens with zero attached hydrogens (tertiary/aromatic N) is 4. The second kappa shape index (κ2) is 11.7. The Hall–Kier alpha value is -3.73. The number of methoxy groups -OCH3 is 1. The zero-order valence-corrected chi connectivity index (χ0v) is 24.6. The van der Waals surface area contributed by atoms with Gasteiger partial charge in [-0.05, 0) is 68.6 Å². The number of benzene rings is 2. The monoisotopic (exact) mass is 606 g/mol. The van der Waals surface area contributed by atoms with Gasteiger partial charge >= 0.3 is 5.97 Å². The average Bonchev–Trinajstić information content (AvgIpc) is 3.34. The molecular weight excluding hydrogens is 575 g/mol. The first-order chi connectivity index (χ1) is 21.0. The molecule has 0 N–H and O–H groups in total. The zero-order chi connectivity index (χ0) is 29.5. The highest BCUT2D eigenvalue weighted by Crippen LogP contribution is 2.45. The summed E-state index contributed by atoms with van der Waals surface area (Å²) in [6.45, 7) is 4.03. The molecule has 224 valence electrons. The number of hydrogen-bond acceptors (Lipinski definition) is 8. The number of rotatable bonds is 7. The summed E-state index contributed by atoms with van der Waals surface area (Å²) >= 11 is 5.96. The third kappa shape index (κ3) is 5.55. The summed E-state index contributed by atoms with van der Waals surface area (Å²) in [5, 5.41) is 0.347. The molecule has 2 atom stereocenters. The van der Waals surface area contributed by atoms with Crippen molar-refractivity contribution in [3.8, 4) is 11.5 Å². The maximum Gasteiger partial charge on any atom is 0.356 e. The maximum absolute atomic E-state index is 14.7. The Bertz CT molecular complexity index is 1670. The highest BCUT2D eigenvalue weighted by molar-refractivity contribution is 6.30. The fourth-order valence-electron chi connectivity index (χ4n) is 6.17. The quantitative estimate of drug-likeness (QED) is 0.248. The van der Waals surface area contributed by atoms with Crippen molar-refractivity contribution in [2.75, 3.05) is 33.4 Å². The topological polar surface area (TPSA) is 87.9 Å². The van der Waals surface area contributed by atoms with Crippen LogP contribution in [-0.4, -0.2) is 64.9 Å². The lowest BCUT2D eigenvalue weighted by molar-refractivity contribution is -0.0593. The molecule has 0 radical (unpaired) electrons. The van der Waals surface area contributed by atoms with E-state index in [1.54, 1.807) is 18.2 Å². The Kier molecular flexibility index (Phi) is 7.67. The van der Waals surface area contributed by atoms with E-state index in [0.29, 0.717) is 40.8 Å². The first-order valence-corrected chi connectivity index (χ1v) is 15.0. The van der Waals surface area contributed by atoms with E-state index in [4.69, 9.17) is 35.5 Å². The van der Waals surface area contributed by atoms with Crippen molar-refractivity contribution in [2.45, 2.75) is 50.5 Å². The average molecular weight is 607 g/mol. The van der Waals surface area contributed by atoms with E-state index in [-0.39, 0.29) is 24.3 Å². The number of carbonyl (C=O) groups excluding carboxylic acids is 1. The lowest BCUT2D eigenvalue weighted by Gasteiger charge is -2.35. The molecular formula is C32H32ClFN4O5. The molecule has 2 saturated heterocycles. The predicted molar refractivity (Wildman–Crippen MR) is 157 cm³/mol. The summed E-state index contributed by atoms with van der Waals surface area (Å²) in [7, 11) is 1.35. The number of imidazole rings is 1. The van der Waals surface area contributed by atoms with E-state index in [0.717, 1.165) is 55.9 Å². The number of halogens is 2. The van der Waals surface area contributed by atoms with Gasteiger partial charge in [-0.1, -0.05) is 29.8 Å². The van der Waals surface area contributed by atoms with E-state index >= 15 is 0 Å². The summed E-state index contributed by atoms with van der Waals surface area (Å²) in [4.78, 5) is 24.1. The van der Waals surface area contributed by atoms with Gasteiger partial charge < -0.3 is 23.5 Å². The Morgan fingerprint density at radius 1 is 1.09 bits per heavy atom. The van der Waals surface area contributed by atoms with Gasteiger partial charge in [0.05, 0.1) is 26.3 Å². The van der Waals surface area contributed by atoms with Crippen LogP contribution in [0.25, 0.3) is 11.2 Å². The van der Waals surface area contributed by atoms with Crippen molar-refractivity contribution in [3.63, 3.8) is 0 Å². The van der Waals surface area contributed by atoms with Gasteiger partial charge in [0.2, 0.25) is 0 Å². The molecule has 43 heavy (non-hydrogen) atoms. The normalized spacial score (nSPS) is 20.6. The Morgan fingerprint density at radius 3 is 2.67 bits per heavy atom. The van der Waals surface area contributed by atoms with Gasteiger partial charge in [-0.3, -0.25) is 4.90 Å². The number of pyridine rings is 1. The summed E-state index contributed by atoms with van der Waals surface area (Å²) in [5.74, 6) is 1.69. The Morgan fingerprint density at radius 2 is 1.93 bits per heavy atom. The van der Waals surface area contributed by atoms with Crippen molar-refractivity contribution >= 4 is 28.7 Å². The highest BCUT2D eigenvalue weighted by atomic mass is 35.5. The fourth-order valence-corrected chi connectivity index (χ4v) is 6.32. The second-order valence-electron chi connectivity index (χ2n) is 11.3. The standard InChI is InChI=1S/C32H32ClFN4O5/c1-40-32(39)26-8-7-25-31(36-26)38(16-21-11-14-41-21)29(35-25)17-37-12-9-19(10-13-37)22-3-2-4-27-30(22)43-28(18-42-27)23-6-5-20(33)15-24(23)34/h2-8,15,19,21,28H,9-14,16-18H2,1H3/t21-,28-/m0/s1. The zero-order valence-electron chi connectivity index (χ0n) is 23.8. The Balaban J connectivity index is 1.07. The summed E-state index contributed by atoms with van der Waals surface area (Å²) in [5.41, 5.74) is 3.20. The van der Waals surface area contributed by atoms with Gasteiger partial charge in [-0.25, -0.2) is 19.2 Å². The minimum atomic E-state index is -0.549. The molecule has 4 aromatic rings. The molecule has 2 fully saturated rings. The van der Waals surface area contributed by atoms with E-state index < -0.39 is 17.9 Å². The minimum Gasteiger partial charge on any atom is -0.485 e. The SMILES string of the molecule is COC(=O)c1ccc2nc(CN3CCC(c4cccc5c4O[C@H](c4ccc(Cl)cc4F)CO5)CC3)n(C[C@@H]3CCO3)c2n1. The van der Waals surface area contributed by atoms with Crippen LogP contribution < -0.4 is 9.47 Å². The molecule has 2 aromatic heterocycles. The van der Waals surface area contributed by atoms with Crippen molar-refractivity contribution < 1.29 is 28.1 Å². The fraction of sp³-hybridized carbons (Fsp3) is 0.406. The molecule has 11 heteroatoms. The number of esters is 1. The van der Waals surface area contributed by atoms with Crippen LogP contribution in [0.1, 0.15) is 58.7 Å². The van der Waals surface area contributed by atoms with Crippen molar-refractivity contribution in [2.24, 2.45) is 0 Å². The maximum atomic E-state index is 14.7. The van der Waals surface area contributed by atoms with Crippen LogP contribution in [0.4, 0.5) is 4.39 Å². The molecule has 2 aromatic carbocycles. The van der Waals surface area contributed by atoms with Crippen LogP contribution in [-0.2, 0) is 22.6 Å². The van der Waals surface area contributed by atoms with Crippen molar-refractivity contribution in [3.05, 3.63) is 82.0 Å². The predicted octanol–water partition coefficient (Wildman–Crippen LogP) is 5.69. The van der Waals surface area contributed by atoms with Gasteiger partial charge in [0.1, 0.15) is 23.8 Å². The minimum absolute atomic E-state index is 0.113. The first-order valence-electron chi connectivity index (χ1n) is 14.6. The number of carbonyl (C=O) groups is 1. The lowest BCUT2D eigenvalue weighted by atomic mass is 9.88. The lowest BCUT2D eigenvalue weighted by Crippen LogP contribution is -2.35. The van der Waals surface area contributed by atoms with Gasteiger partial charge in [-0.2, -0.15) is 0 Å². The summed E-state index contributed by atoms with van der Waals surface area (Å²) in [6, 6.07) is 14.1. The molecule has 3 aliphatic heterocycles. The molecule has 9 nitrogen and oxygen atoms in total. The van der Waals surface area contributed by atoms with Crippen molar-refractivity contribution in [1.82, 2.24) is 19.4 Å². The molecule has 0 amide bonds. The van der Waals surface area contributed by atoms with Crippen LogP contribution in [0.5, 0.6) is 11.5 Å². The Labute approximate surface area is 253 Å². The van der Waals surface area contributed by atoms with Gasteiger partial charge in [-0.15, -0.1) is 0 Å². The number of fused-ring (bicyclic) bond motifs is 2. The number of hydrogen-bond donors (Lipinski definition) is 0. The summed E-state index contributed by atoms with van der Waals surface area (Å²) in [6.07, 6.45) is 2.40. The molecule has 0 spiro atoms. The number of likely N-dealkylation sites (tertiary alicyclic amines) is 1. The third-order valence-electron chi connectivity index (χ3n) is 8.61. The molecule has 5 heterocycles. The van der Waals surface area contributed by atoms with Gasteiger partial charge in [0.25, 0.3) is 0 Å². The smallest absolute Gasteiger partial charge is 0.356 e.